The Morgan fingerprint density at radius 1 is 1.23 bits per heavy atom. The molecule has 2 N–H and O–H groups in total. The minimum atomic E-state index is 0.676. The summed E-state index contributed by atoms with van der Waals surface area (Å²) in [5.74, 6) is 0. The molecule has 0 saturated carbocycles. The van der Waals surface area contributed by atoms with Crippen LogP contribution < -0.4 is 16.2 Å². The Morgan fingerprint density at radius 3 is 3.04 bits per heavy atom. The molecule has 1 aliphatic heterocycles. The molecule has 0 bridgehead atoms. The van der Waals surface area contributed by atoms with Crippen molar-refractivity contribution in [1.29, 1.82) is 0 Å². The molecule has 5 nitrogen and oxygen atoms in total. The van der Waals surface area contributed by atoms with E-state index in [1.807, 2.05) is 6.08 Å². The molecule has 0 saturated heterocycles. The third kappa shape index (κ3) is 2.22. The number of halogens is 1. The van der Waals surface area contributed by atoms with Crippen LogP contribution in [0.5, 0.6) is 0 Å². The maximum Gasteiger partial charge on any atom is 0.163 e. The molecule has 2 aromatic carbocycles. The highest BCUT2D eigenvalue weighted by Crippen LogP contribution is 2.28. The van der Waals surface area contributed by atoms with Crippen LogP contribution in [0.3, 0.4) is 0 Å². The summed E-state index contributed by atoms with van der Waals surface area (Å²) in [7, 11) is 0. The molecule has 130 valence electrons. The van der Waals surface area contributed by atoms with Gasteiger partial charge < -0.3 is 14.3 Å². The van der Waals surface area contributed by atoms with Crippen molar-refractivity contribution in [3.05, 3.63) is 70.8 Å². The van der Waals surface area contributed by atoms with Gasteiger partial charge in [0.2, 0.25) is 0 Å². The summed E-state index contributed by atoms with van der Waals surface area (Å²) < 4.78 is 5.67. The second-order valence-electron chi connectivity index (χ2n) is 6.45. The molecule has 26 heavy (non-hydrogen) atoms. The zero-order valence-corrected chi connectivity index (χ0v) is 15.8. The fraction of sp³-hybridized carbons (Fsp3) is 0.150. The van der Waals surface area contributed by atoms with E-state index in [-0.39, 0.29) is 0 Å². The summed E-state index contributed by atoms with van der Waals surface area (Å²) in [5, 5.41) is 10.4. The van der Waals surface area contributed by atoms with Gasteiger partial charge in [-0.15, -0.1) is 6.58 Å². The number of nitrogens with zero attached hydrogens (tertiary/aromatic N) is 3. The number of benzene rings is 2. The minimum Gasteiger partial charge on any atom is -0.309 e. The SMILES string of the molecule is C=CCNCc1cc2cccc3c4n(c5ccc(Br)cc5n1c23)CNN=4. The van der Waals surface area contributed by atoms with Crippen molar-refractivity contribution < 1.29 is 0 Å². The van der Waals surface area contributed by atoms with E-state index in [0.717, 1.165) is 39.5 Å². The fourth-order valence-corrected chi connectivity index (χ4v) is 4.18. The van der Waals surface area contributed by atoms with Gasteiger partial charge in [-0.05, 0) is 30.3 Å². The van der Waals surface area contributed by atoms with Gasteiger partial charge >= 0.3 is 0 Å². The molecule has 4 aromatic rings. The van der Waals surface area contributed by atoms with Crippen LogP contribution in [0.4, 0.5) is 0 Å². The third-order valence-electron chi connectivity index (χ3n) is 4.87. The van der Waals surface area contributed by atoms with Crippen molar-refractivity contribution in [3.8, 4) is 0 Å². The number of rotatable bonds is 4. The Hall–Kier alpha value is -2.57. The van der Waals surface area contributed by atoms with Crippen LogP contribution in [0.2, 0.25) is 0 Å². The number of hydrogen-bond donors (Lipinski definition) is 2. The maximum absolute atomic E-state index is 4.59. The lowest BCUT2D eigenvalue weighted by atomic mass is 10.2. The lowest BCUT2D eigenvalue weighted by molar-refractivity contribution is 0.659. The highest BCUT2D eigenvalue weighted by atomic mass is 79.9. The van der Waals surface area contributed by atoms with Crippen molar-refractivity contribution >= 4 is 43.3 Å². The molecule has 3 heterocycles. The first-order valence-corrected chi connectivity index (χ1v) is 9.40. The maximum atomic E-state index is 4.59. The van der Waals surface area contributed by atoms with Gasteiger partial charge in [0.25, 0.3) is 0 Å². The molecule has 0 spiro atoms. The number of fused-ring (bicyclic) bond motifs is 5. The van der Waals surface area contributed by atoms with E-state index in [9.17, 15) is 0 Å². The van der Waals surface area contributed by atoms with Gasteiger partial charge in [-0.2, -0.15) is 5.10 Å². The van der Waals surface area contributed by atoms with Crippen molar-refractivity contribution in [2.24, 2.45) is 5.10 Å². The van der Waals surface area contributed by atoms with Crippen LogP contribution in [-0.4, -0.2) is 15.5 Å². The third-order valence-corrected chi connectivity index (χ3v) is 5.37. The molecular weight excluding hydrogens is 390 g/mol. The lowest BCUT2D eigenvalue weighted by Gasteiger charge is -2.07. The summed E-state index contributed by atoms with van der Waals surface area (Å²) in [6.45, 7) is 6.03. The van der Waals surface area contributed by atoms with Crippen LogP contribution in [0.15, 0.2) is 64.7 Å². The van der Waals surface area contributed by atoms with E-state index < -0.39 is 0 Å². The summed E-state index contributed by atoms with van der Waals surface area (Å²) in [4.78, 5) is 0. The monoisotopic (exact) mass is 407 g/mol. The Kier molecular flexibility index (Phi) is 3.62. The van der Waals surface area contributed by atoms with E-state index in [1.54, 1.807) is 0 Å². The lowest BCUT2D eigenvalue weighted by Crippen LogP contribution is -2.15. The highest BCUT2D eigenvalue weighted by molar-refractivity contribution is 9.10. The molecule has 0 aliphatic carbocycles. The van der Waals surface area contributed by atoms with E-state index in [1.165, 1.54) is 16.6 Å². The summed E-state index contributed by atoms with van der Waals surface area (Å²) >= 11 is 3.65. The topological polar surface area (TPSA) is 45.8 Å². The average molecular weight is 408 g/mol. The van der Waals surface area contributed by atoms with E-state index >= 15 is 0 Å². The van der Waals surface area contributed by atoms with E-state index in [4.69, 9.17) is 0 Å². The van der Waals surface area contributed by atoms with E-state index in [0.29, 0.717) is 6.67 Å². The molecule has 5 rings (SSSR count). The summed E-state index contributed by atoms with van der Waals surface area (Å²) in [5.41, 5.74) is 8.85. The number of para-hydroxylation sites is 1. The normalized spacial score (nSPS) is 13.1. The van der Waals surface area contributed by atoms with Gasteiger partial charge in [0.15, 0.2) is 5.49 Å². The van der Waals surface area contributed by atoms with Crippen LogP contribution in [0.1, 0.15) is 5.69 Å². The van der Waals surface area contributed by atoms with Gasteiger partial charge in [-0.25, -0.2) is 0 Å². The molecule has 0 fully saturated rings. The van der Waals surface area contributed by atoms with E-state index in [2.05, 4.69) is 89.8 Å². The average Bonchev–Trinajstić information content (AvgIpc) is 3.23. The predicted molar refractivity (Wildman–Crippen MR) is 109 cm³/mol. The molecule has 0 amide bonds. The van der Waals surface area contributed by atoms with Gasteiger partial charge in [-0.3, -0.25) is 5.43 Å². The smallest absolute Gasteiger partial charge is 0.163 e. The van der Waals surface area contributed by atoms with Crippen LogP contribution in [-0.2, 0) is 13.2 Å². The number of hydrogen-bond acceptors (Lipinski definition) is 3. The van der Waals surface area contributed by atoms with Gasteiger partial charge in [-0.1, -0.05) is 34.1 Å². The van der Waals surface area contributed by atoms with Crippen molar-refractivity contribution in [1.82, 2.24) is 19.7 Å². The zero-order valence-electron chi connectivity index (χ0n) is 14.2. The largest absolute Gasteiger partial charge is 0.309 e. The first-order chi connectivity index (χ1) is 12.8. The Bertz CT molecular complexity index is 1250. The summed E-state index contributed by atoms with van der Waals surface area (Å²) in [6.07, 6.45) is 1.89. The van der Waals surface area contributed by atoms with Gasteiger partial charge in [0, 0.05) is 34.0 Å². The molecular formula is C20H18BrN5. The molecule has 0 atom stereocenters. The van der Waals surface area contributed by atoms with Crippen LogP contribution in [0, 0.1) is 0 Å². The Labute approximate surface area is 158 Å². The first-order valence-electron chi connectivity index (χ1n) is 8.61. The van der Waals surface area contributed by atoms with Crippen molar-refractivity contribution in [3.63, 3.8) is 0 Å². The second-order valence-corrected chi connectivity index (χ2v) is 7.36. The van der Waals surface area contributed by atoms with Gasteiger partial charge in [0.1, 0.15) is 6.67 Å². The predicted octanol–water partition coefficient (Wildman–Crippen LogP) is 3.46. The molecule has 0 unspecified atom stereocenters. The standard InChI is InChI=1S/C20H18BrN5/c1-2-8-22-11-15-9-13-4-3-5-16-19(13)26(15)18-10-14(21)6-7-17(18)25-12-23-24-20(16)25/h2-7,9-10,22-23H,1,8,11-12H2. The Balaban J connectivity index is 2.02. The molecule has 1 aliphatic rings. The van der Waals surface area contributed by atoms with Crippen LogP contribution >= 0.6 is 15.9 Å². The van der Waals surface area contributed by atoms with Gasteiger partial charge in [0.05, 0.1) is 16.6 Å². The van der Waals surface area contributed by atoms with Crippen LogP contribution in [0.25, 0.3) is 27.3 Å². The Morgan fingerprint density at radius 2 is 2.15 bits per heavy atom. The number of nitrogens with one attached hydrogen (secondary N) is 2. The van der Waals surface area contributed by atoms with Crippen molar-refractivity contribution in [2.75, 3.05) is 6.54 Å². The number of aromatic nitrogens is 2. The molecule has 2 aromatic heterocycles. The zero-order chi connectivity index (χ0) is 17.7. The first kappa shape index (κ1) is 15.7. The fourth-order valence-electron chi connectivity index (χ4n) is 3.83. The second kappa shape index (κ2) is 6.00. The molecule has 6 heteroatoms. The van der Waals surface area contributed by atoms with Crippen molar-refractivity contribution in [2.45, 2.75) is 13.2 Å². The quantitative estimate of drug-likeness (QED) is 0.401. The highest BCUT2D eigenvalue weighted by Gasteiger charge is 2.16. The minimum absolute atomic E-state index is 0.676. The summed E-state index contributed by atoms with van der Waals surface area (Å²) in [6, 6.07) is 15.1. The molecule has 0 radical (unpaired) electrons.